The molecule has 1 nitrogen and oxygen atoms in total. The van der Waals surface area contributed by atoms with Crippen LogP contribution in [0.3, 0.4) is 0 Å². The van der Waals surface area contributed by atoms with E-state index in [1.54, 1.807) is 0 Å². The highest BCUT2D eigenvalue weighted by atomic mass is 32.1. The molecule has 0 heterocycles. The zero-order valence-electron chi connectivity index (χ0n) is 12.3. The van der Waals surface area contributed by atoms with Gasteiger partial charge in [0.1, 0.15) is 5.75 Å². The molecular formula is C18H27OS+. The fourth-order valence-electron chi connectivity index (χ4n) is 4.13. The summed E-state index contributed by atoms with van der Waals surface area (Å²) in [7, 11) is 0. The molecule has 0 unspecified atom stereocenters. The average Bonchev–Trinajstić information content (AvgIpc) is 2.51. The quantitative estimate of drug-likeness (QED) is 0.772. The number of rotatable bonds is 2. The first-order valence-corrected chi connectivity index (χ1v) is 8.84. The summed E-state index contributed by atoms with van der Waals surface area (Å²) in [6, 6.07) is 4.32. The molecule has 20 heavy (non-hydrogen) atoms. The van der Waals surface area contributed by atoms with Gasteiger partial charge in [0.15, 0.2) is 4.90 Å². The van der Waals surface area contributed by atoms with E-state index in [2.05, 4.69) is 24.8 Å². The van der Waals surface area contributed by atoms with Gasteiger partial charge in [-0.15, -0.1) is 0 Å². The van der Waals surface area contributed by atoms with Gasteiger partial charge in [0.2, 0.25) is 0 Å². The summed E-state index contributed by atoms with van der Waals surface area (Å²) in [4.78, 5) is 1.14. The van der Waals surface area contributed by atoms with Gasteiger partial charge in [-0.2, -0.15) is 0 Å². The van der Waals surface area contributed by atoms with Crippen molar-refractivity contribution in [2.45, 2.75) is 80.9 Å². The third-order valence-electron chi connectivity index (χ3n) is 5.26. The molecule has 0 amide bonds. The molecule has 0 bridgehead atoms. The van der Waals surface area contributed by atoms with Gasteiger partial charge in [-0.3, -0.25) is 0 Å². The zero-order chi connectivity index (χ0) is 13.9. The summed E-state index contributed by atoms with van der Waals surface area (Å²) in [6.07, 6.45) is 13.0. The van der Waals surface area contributed by atoms with Crippen LogP contribution in [0.15, 0.2) is 17.0 Å². The van der Waals surface area contributed by atoms with Crippen molar-refractivity contribution in [3.8, 4) is 5.75 Å². The van der Waals surface area contributed by atoms with Crippen LogP contribution >= 0.6 is 0 Å². The fourth-order valence-corrected chi connectivity index (χ4v) is 4.44. The molecule has 2 aliphatic carbocycles. The van der Waals surface area contributed by atoms with Gasteiger partial charge >= 0.3 is 0 Å². The summed E-state index contributed by atoms with van der Waals surface area (Å²) in [5.74, 6) is 1.76. The van der Waals surface area contributed by atoms with E-state index in [0.717, 1.165) is 4.90 Å². The molecule has 0 atom stereocenters. The number of benzene rings is 1. The number of aromatic hydroxyl groups is 1. The van der Waals surface area contributed by atoms with E-state index in [-0.39, 0.29) is 0 Å². The largest absolute Gasteiger partial charge is 0.507 e. The molecule has 2 aliphatic rings. The minimum absolute atomic E-state index is 0.572. The molecule has 2 saturated carbocycles. The van der Waals surface area contributed by atoms with Gasteiger partial charge < -0.3 is 5.11 Å². The molecule has 1 aromatic carbocycles. The predicted octanol–water partition coefficient (Wildman–Crippen LogP) is 4.86. The van der Waals surface area contributed by atoms with Crippen molar-refractivity contribution >= 4 is 12.6 Å². The molecule has 1 N–H and O–H groups in total. The molecule has 0 spiro atoms. The minimum atomic E-state index is 0.572. The molecule has 0 saturated heterocycles. The molecule has 110 valence electrons. The number of phenols is 1. The Balaban J connectivity index is 1.91. The molecule has 2 fully saturated rings. The van der Waals surface area contributed by atoms with Crippen molar-refractivity contribution in [2.75, 3.05) is 0 Å². The summed E-state index contributed by atoms with van der Waals surface area (Å²) >= 11 is 3.72. The van der Waals surface area contributed by atoms with Crippen LogP contribution in [0.2, 0.25) is 0 Å². The summed E-state index contributed by atoms with van der Waals surface area (Å²) in [6.45, 7) is 0. The van der Waals surface area contributed by atoms with Crippen molar-refractivity contribution < 1.29 is 5.11 Å². The van der Waals surface area contributed by atoms with Gasteiger partial charge in [-0.25, -0.2) is 0 Å². The maximum Gasteiger partial charge on any atom is 0.151 e. The number of hydrogen-bond donors (Lipinski definition) is 1. The molecule has 3 rings (SSSR count). The van der Waals surface area contributed by atoms with Crippen LogP contribution in [-0.4, -0.2) is 5.11 Å². The topological polar surface area (TPSA) is 20.2 Å². The van der Waals surface area contributed by atoms with Crippen molar-refractivity contribution in [1.82, 2.24) is 0 Å². The van der Waals surface area contributed by atoms with Gasteiger partial charge in [0.05, 0.1) is 0 Å². The Labute approximate surface area is 128 Å². The Morgan fingerprint density at radius 2 is 1.15 bits per heavy atom. The van der Waals surface area contributed by atoms with Crippen LogP contribution in [0.25, 0.3) is 0 Å². The maximum absolute atomic E-state index is 10.8. The minimum Gasteiger partial charge on any atom is -0.507 e. The summed E-state index contributed by atoms with van der Waals surface area (Å²) < 4.78 is 0. The Morgan fingerprint density at radius 1 is 0.750 bits per heavy atom. The Kier molecular flexibility index (Phi) is 4.60. The van der Waals surface area contributed by atoms with Gasteiger partial charge in [0, 0.05) is 23.3 Å². The van der Waals surface area contributed by atoms with Crippen LogP contribution in [0.5, 0.6) is 5.75 Å². The van der Waals surface area contributed by atoms with Crippen molar-refractivity contribution in [1.29, 1.82) is 0 Å². The highest BCUT2D eigenvalue weighted by Crippen LogP contribution is 2.44. The standard InChI is InChI=1S/C18H26OS/c19-18-16(13-7-3-1-4-8-13)11-15(20)12-17(18)14-9-5-2-6-10-14/h11-14,19-20H,1-10H2/p+1. The lowest BCUT2D eigenvalue weighted by atomic mass is 9.79. The van der Waals surface area contributed by atoms with Crippen LogP contribution in [0.4, 0.5) is 0 Å². The van der Waals surface area contributed by atoms with Crippen LogP contribution < -0.4 is 0 Å². The van der Waals surface area contributed by atoms with Crippen molar-refractivity contribution in [3.63, 3.8) is 0 Å². The smallest absolute Gasteiger partial charge is 0.151 e. The van der Waals surface area contributed by atoms with Crippen molar-refractivity contribution in [3.05, 3.63) is 23.3 Å². The lowest BCUT2D eigenvalue weighted by Gasteiger charge is -2.27. The van der Waals surface area contributed by atoms with Crippen LogP contribution in [-0.2, 0) is 12.6 Å². The number of phenolic OH excluding ortho intramolecular Hbond substituents is 1. The van der Waals surface area contributed by atoms with E-state index in [1.165, 1.54) is 75.3 Å². The maximum atomic E-state index is 10.8. The highest BCUT2D eigenvalue weighted by Gasteiger charge is 2.25. The first-order chi connectivity index (χ1) is 9.75. The normalized spacial score (nSPS) is 22.1. The van der Waals surface area contributed by atoms with E-state index in [1.807, 2.05) is 0 Å². The van der Waals surface area contributed by atoms with E-state index < -0.39 is 0 Å². The van der Waals surface area contributed by atoms with Crippen LogP contribution in [0.1, 0.15) is 87.2 Å². The first-order valence-electron chi connectivity index (χ1n) is 8.34. The Bertz CT molecular complexity index is 417. The van der Waals surface area contributed by atoms with Gasteiger partial charge in [-0.05, 0) is 50.1 Å². The average molecular weight is 291 g/mol. The molecule has 0 aliphatic heterocycles. The third kappa shape index (κ3) is 3.00. The Hall–Kier alpha value is -0.630. The zero-order valence-corrected chi connectivity index (χ0v) is 13.3. The monoisotopic (exact) mass is 291 g/mol. The lowest BCUT2D eigenvalue weighted by Crippen LogP contribution is -2.09. The van der Waals surface area contributed by atoms with Crippen LogP contribution in [0, 0.1) is 0 Å². The van der Waals surface area contributed by atoms with Gasteiger partial charge in [0.25, 0.3) is 0 Å². The highest BCUT2D eigenvalue weighted by molar-refractivity contribution is 7.58. The second-order valence-corrected chi connectivity index (χ2v) is 7.25. The molecular weight excluding hydrogens is 264 g/mol. The SMILES string of the molecule is Oc1c(C2CCCCC2)cc([SH2+])cc1C1CCCCC1. The summed E-state index contributed by atoms with van der Waals surface area (Å²) in [5.41, 5.74) is 2.41. The van der Waals surface area contributed by atoms with Gasteiger partial charge in [-0.1, -0.05) is 38.5 Å². The van der Waals surface area contributed by atoms with E-state index >= 15 is 0 Å². The fraction of sp³-hybridized carbons (Fsp3) is 0.667. The van der Waals surface area contributed by atoms with E-state index in [4.69, 9.17) is 0 Å². The second-order valence-electron chi connectivity index (χ2n) is 6.67. The number of hydrogen-bond acceptors (Lipinski definition) is 1. The summed E-state index contributed by atoms with van der Waals surface area (Å²) in [5, 5.41) is 10.8. The molecule has 0 radical (unpaired) electrons. The molecule has 2 heteroatoms. The lowest BCUT2D eigenvalue weighted by molar-refractivity contribution is 0.392. The Morgan fingerprint density at radius 3 is 1.55 bits per heavy atom. The second kappa shape index (κ2) is 6.43. The predicted molar refractivity (Wildman–Crippen MR) is 88.2 cm³/mol. The van der Waals surface area contributed by atoms with Crippen molar-refractivity contribution in [2.24, 2.45) is 0 Å². The molecule has 1 aromatic rings. The van der Waals surface area contributed by atoms with E-state index in [0.29, 0.717) is 17.6 Å². The first kappa shape index (κ1) is 14.3. The molecule has 0 aromatic heterocycles. The third-order valence-corrected chi connectivity index (χ3v) is 5.55. The van der Waals surface area contributed by atoms with E-state index in [9.17, 15) is 5.11 Å².